The first-order valence-corrected chi connectivity index (χ1v) is 8.61. The summed E-state index contributed by atoms with van der Waals surface area (Å²) in [7, 11) is 2.17. The van der Waals surface area contributed by atoms with Gasteiger partial charge in [-0.25, -0.2) is 0 Å². The van der Waals surface area contributed by atoms with Gasteiger partial charge in [0.05, 0.1) is 13.1 Å². The van der Waals surface area contributed by atoms with Crippen LogP contribution in [0.2, 0.25) is 0 Å². The Hall–Kier alpha value is -1.02. The molecule has 0 radical (unpaired) electrons. The van der Waals surface area contributed by atoms with Crippen LogP contribution in [0.25, 0.3) is 0 Å². The van der Waals surface area contributed by atoms with Crippen molar-refractivity contribution in [1.29, 1.82) is 0 Å². The van der Waals surface area contributed by atoms with Gasteiger partial charge >= 0.3 is 0 Å². The van der Waals surface area contributed by atoms with Gasteiger partial charge in [0.1, 0.15) is 5.82 Å². The van der Waals surface area contributed by atoms with E-state index >= 15 is 0 Å². The first kappa shape index (κ1) is 15.9. The van der Waals surface area contributed by atoms with Crippen molar-refractivity contribution >= 4 is 28.1 Å². The summed E-state index contributed by atoms with van der Waals surface area (Å²) >= 11 is 8.91. The SMILES string of the molecule is CN1CCN(Cc2n[nH]c(=S)n2Cc2cccc(Br)c2)CC1. The lowest BCUT2D eigenvalue weighted by Gasteiger charge is -2.31. The lowest BCUT2D eigenvalue weighted by atomic mass is 10.2. The topological polar surface area (TPSA) is 40.1 Å². The smallest absolute Gasteiger partial charge is 0.195 e. The number of rotatable bonds is 4. The highest BCUT2D eigenvalue weighted by atomic mass is 79.9. The van der Waals surface area contributed by atoms with E-state index in [1.807, 2.05) is 12.1 Å². The number of hydrogen-bond acceptors (Lipinski definition) is 4. The van der Waals surface area contributed by atoms with Gasteiger partial charge in [-0.1, -0.05) is 28.1 Å². The van der Waals surface area contributed by atoms with E-state index in [9.17, 15) is 0 Å². The molecule has 0 atom stereocenters. The van der Waals surface area contributed by atoms with Crippen LogP contribution in [-0.2, 0) is 13.1 Å². The molecule has 1 aliphatic rings. The monoisotopic (exact) mass is 381 g/mol. The third-order valence-electron chi connectivity index (χ3n) is 4.03. The average Bonchev–Trinajstić information content (AvgIpc) is 2.83. The number of halogens is 1. The maximum atomic E-state index is 5.40. The summed E-state index contributed by atoms with van der Waals surface area (Å²) in [4.78, 5) is 4.79. The summed E-state index contributed by atoms with van der Waals surface area (Å²) in [5.41, 5.74) is 1.21. The van der Waals surface area contributed by atoms with Crippen LogP contribution in [0, 0.1) is 4.77 Å². The van der Waals surface area contributed by atoms with Gasteiger partial charge in [-0.15, -0.1) is 0 Å². The van der Waals surface area contributed by atoms with E-state index in [1.165, 1.54) is 5.56 Å². The quantitative estimate of drug-likeness (QED) is 0.825. The molecule has 7 heteroatoms. The number of piperazine rings is 1. The molecule has 0 bridgehead atoms. The van der Waals surface area contributed by atoms with Crippen molar-refractivity contribution in [3.63, 3.8) is 0 Å². The number of nitrogens with one attached hydrogen (secondary N) is 1. The van der Waals surface area contributed by atoms with Crippen molar-refractivity contribution in [3.05, 3.63) is 44.9 Å². The number of aromatic nitrogens is 3. The standard InChI is InChI=1S/C15H20BrN5S/c1-19-5-7-20(8-6-19)11-14-17-18-15(22)21(14)10-12-3-2-4-13(16)9-12/h2-4,9H,5-8,10-11H2,1H3,(H,18,22). The predicted molar refractivity (Wildman–Crippen MR) is 93.4 cm³/mol. The van der Waals surface area contributed by atoms with E-state index in [2.05, 4.69) is 59.7 Å². The average molecular weight is 382 g/mol. The van der Waals surface area contributed by atoms with E-state index in [0.29, 0.717) is 4.77 Å². The second-order valence-electron chi connectivity index (χ2n) is 5.74. The Balaban J connectivity index is 1.75. The van der Waals surface area contributed by atoms with Crippen LogP contribution in [0.15, 0.2) is 28.7 Å². The minimum absolute atomic E-state index is 0.684. The number of nitrogens with zero attached hydrogens (tertiary/aromatic N) is 4. The highest BCUT2D eigenvalue weighted by Gasteiger charge is 2.17. The van der Waals surface area contributed by atoms with Crippen LogP contribution in [0.1, 0.15) is 11.4 Å². The maximum Gasteiger partial charge on any atom is 0.195 e. The third-order valence-corrected chi connectivity index (χ3v) is 4.83. The second-order valence-corrected chi connectivity index (χ2v) is 7.04. The van der Waals surface area contributed by atoms with Gasteiger partial charge in [0.15, 0.2) is 4.77 Å². The lowest BCUT2D eigenvalue weighted by molar-refractivity contribution is 0.144. The molecule has 1 aromatic carbocycles. The lowest BCUT2D eigenvalue weighted by Crippen LogP contribution is -2.44. The third kappa shape index (κ3) is 3.84. The molecule has 1 N–H and O–H groups in total. The molecule has 5 nitrogen and oxygen atoms in total. The van der Waals surface area contributed by atoms with Gasteiger partial charge < -0.3 is 4.90 Å². The van der Waals surface area contributed by atoms with Crippen molar-refractivity contribution in [2.24, 2.45) is 0 Å². The van der Waals surface area contributed by atoms with Crippen LogP contribution in [0.4, 0.5) is 0 Å². The number of H-pyrrole nitrogens is 1. The number of hydrogen-bond donors (Lipinski definition) is 1. The summed E-state index contributed by atoms with van der Waals surface area (Å²) in [6, 6.07) is 8.31. The Kier molecular flexibility index (Phi) is 5.07. The highest BCUT2D eigenvalue weighted by molar-refractivity contribution is 9.10. The Morgan fingerprint density at radius 1 is 1.23 bits per heavy atom. The van der Waals surface area contributed by atoms with E-state index in [0.717, 1.165) is 49.6 Å². The fraction of sp³-hybridized carbons (Fsp3) is 0.467. The molecule has 3 rings (SSSR count). The van der Waals surface area contributed by atoms with Gasteiger partial charge in [-0.3, -0.25) is 14.6 Å². The first-order valence-electron chi connectivity index (χ1n) is 7.41. The van der Waals surface area contributed by atoms with Crippen LogP contribution in [0.3, 0.4) is 0 Å². The minimum atomic E-state index is 0.684. The van der Waals surface area contributed by atoms with Crippen molar-refractivity contribution in [1.82, 2.24) is 24.6 Å². The van der Waals surface area contributed by atoms with Crippen molar-refractivity contribution in [2.75, 3.05) is 33.2 Å². The normalized spacial score (nSPS) is 17.0. The molecular weight excluding hydrogens is 362 g/mol. The largest absolute Gasteiger partial charge is 0.304 e. The number of aromatic amines is 1. The van der Waals surface area contributed by atoms with E-state index in [4.69, 9.17) is 12.2 Å². The fourth-order valence-corrected chi connectivity index (χ4v) is 3.32. The zero-order valence-corrected chi connectivity index (χ0v) is 15.0. The molecule has 2 aromatic rings. The zero-order chi connectivity index (χ0) is 15.5. The van der Waals surface area contributed by atoms with Gasteiger partial charge in [0, 0.05) is 30.7 Å². The van der Waals surface area contributed by atoms with Crippen molar-refractivity contribution in [2.45, 2.75) is 13.1 Å². The molecule has 1 aromatic heterocycles. The Morgan fingerprint density at radius 2 is 2.00 bits per heavy atom. The molecule has 1 fully saturated rings. The molecule has 0 unspecified atom stereocenters. The van der Waals surface area contributed by atoms with E-state index < -0.39 is 0 Å². The molecule has 2 heterocycles. The summed E-state index contributed by atoms with van der Waals surface area (Å²) in [6.45, 7) is 5.96. The summed E-state index contributed by atoms with van der Waals surface area (Å²) in [6.07, 6.45) is 0. The summed E-state index contributed by atoms with van der Waals surface area (Å²) < 4.78 is 3.86. The zero-order valence-electron chi connectivity index (χ0n) is 12.6. The second kappa shape index (κ2) is 7.04. The van der Waals surface area contributed by atoms with Crippen LogP contribution >= 0.6 is 28.1 Å². The molecule has 0 saturated carbocycles. The Bertz CT molecular complexity index is 687. The van der Waals surface area contributed by atoms with E-state index in [-0.39, 0.29) is 0 Å². The number of benzene rings is 1. The molecular formula is C15H20BrN5S. The van der Waals surface area contributed by atoms with E-state index in [1.54, 1.807) is 0 Å². The Labute approximate surface area is 144 Å². The summed E-state index contributed by atoms with van der Waals surface area (Å²) in [5.74, 6) is 1.01. The van der Waals surface area contributed by atoms with Gasteiger partial charge in [-0.2, -0.15) is 5.10 Å². The van der Waals surface area contributed by atoms with Crippen LogP contribution in [0.5, 0.6) is 0 Å². The predicted octanol–water partition coefficient (Wildman–Crippen LogP) is 2.50. The minimum Gasteiger partial charge on any atom is -0.304 e. The fourth-order valence-electron chi connectivity index (χ4n) is 2.66. The first-order chi connectivity index (χ1) is 10.6. The molecule has 1 saturated heterocycles. The maximum absolute atomic E-state index is 5.40. The van der Waals surface area contributed by atoms with Gasteiger partial charge in [0.2, 0.25) is 0 Å². The number of likely N-dealkylation sites (N-methyl/N-ethyl adjacent to an activating group) is 1. The summed E-state index contributed by atoms with van der Waals surface area (Å²) in [5, 5.41) is 7.36. The van der Waals surface area contributed by atoms with Crippen molar-refractivity contribution in [3.8, 4) is 0 Å². The molecule has 0 amide bonds. The highest BCUT2D eigenvalue weighted by Crippen LogP contribution is 2.14. The molecule has 0 spiro atoms. The molecule has 1 aliphatic heterocycles. The van der Waals surface area contributed by atoms with Gasteiger partial charge in [0.25, 0.3) is 0 Å². The van der Waals surface area contributed by atoms with Crippen LogP contribution in [-0.4, -0.2) is 57.8 Å². The molecule has 0 aliphatic carbocycles. The molecule has 22 heavy (non-hydrogen) atoms. The Morgan fingerprint density at radius 3 is 2.73 bits per heavy atom. The van der Waals surface area contributed by atoms with Crippen molar-refractivity contribution < 1.29 is 0 Å². The molecule has 118 valence electrons. The van der Waals surface area contributed by atoms with Gasteiger partial charge in [-0.05, 0) is 37.0 Å². The van der Waals surface area contributed by atoms with Crippen LogP contribution < -0.4 is 0 Å².